The van der Waals surface area contributed by atoms with Gasteiger partial charge in [0.25, 0.3) is 0 Å². The zero-order valence-electron chi connectivity index (χ0n) is 12.3. The Hall–Kier alpha value is -2.14. The second-order valence-electron chi connectivity index (χ2n) is 5.60. The predicted molar refractivity (Wildman–Crippen MR) is 84.7 cm³/mol. The van der Waals surface area contributed by atoms with Crippen molar-refractivity contribution in [1.82, 2.24) is 4.90 Å². The Morgan fingerprint density at radius 2 is 1.55 bits per heavy atom. The van der Waals surface area contributed by atoms with Crippen LogP contribution in [0.15, 0.2) is 42.5 Å². The molecule has 0 saturated carbocycles. The molecule has 1 fully saturated rings. The molecule has 2 aromatic rings. The summed E-state index contributed by atoms with van der Waals surface area (Å²) in [7, 11) is 0. The monoisotopic (exact) mass is 303 g/mol. The van der Waals surface area contributed by atoms with E-state index < -0.39 is 11.6 Å². The van der Waals surface area contributed by atoms with Crippen molar-refractivity contribution in [2.45, 2.75) is 6.54 Å². The molecule has 5 heteroatoms. The largest absolute Gasteiger partial charge is 0.399 e. The fourth-order valence-electron chi connectivity index (χ4n) is 2.75. The highest BCUT2D eigenvalue weighted by Crippen LogP contribution is 2.19. The minimum Gasteiger partial charge on any atom is -0.399 e. The first-order valence-corrected chi connectivity index (χ1v) is 7.38. The van der Waals surface area contributed by atoms with Crippen molar-refractivity contribution in [3.8, 4) is 0 Å². The van der Waals surface area contributed by atoms with Crippen LogP contribution in [-0.4, -0.2) is 31.1 Å². The smallest absolute Gasteiger partial charge is 0.159 e. The van der Waals surface area contributed by atoms with E-state index in [1.165, 1.54) is 17.8 Å². The Morgan fingerprint density at radius 1 is 0.864 bits per heavy atom. The van der Waals surface area contributed by atoms with Crippen LogP contribution >= 0.6 is 0 Å². The van der Waals surface area contributed by atoms with Crippen LogP contribution in [0.4, 0.5) is 20.2 Å². The number of nitrogen functional groups attached to an aromatic ring is 1. The van der Waals surface area contributed by atoms with Gasteiger partial charge in [-0.05, 0) is 42.0 Å². The van der Waals surface area contributed by atoms with Gasteiger partial charge in [-0.25, -0.2) is 8.78 Å². The third-order valence-corrected chi connectivity index (χ3v) is 4.02. The molecule has 0 aromatic heterocycles. The molecule has 2 N–H and O–H groups in total. The zero-order chi connectivity index (χ0) is 15.5. The number of benzene rings is 2. The molecule has 0 spiro atoms. The fraction of sp³-hybridized carbons (Fsp3) is 0.294. The van der Waals surface area contributed by atoms with Crippen LogP contribution in [0, 0.1) is 11.6 Å². The SMILES string of the molecule is Nc1ccc(N2CCN(Cc3ccc(F)c(F)c3)CC2)cc1. The summed E-state index contributed by atoms with van der Waals surface area (Å²) in [6, 6.07) is 12.0. The van der Waals surface area contributed by atoms with Gasteiger partial charge in [0.15, 0.2) is 11.6 Å². The third kappa shape index (κ3) is 3.36. The molecule has 0 unspecified atom stereocenters. The number of nitrogens with zero attached hydrogens (tertiary/aromatic N) is 2. The van der Waals surface area contributed by atoms with Crippen molar-refractivity contribution < 1.29 is 8.78 Å². The molecule has 116 valence electrons. The van der Waals surface area contributed by atoms with Gasteiger partial charge in [-0.15, -0.1) is 0 Å². The maximum atomic E-state index is 13.2. The summed E-state index contributed by atoms with van der Waals surface area (Å²) in [5.74, 6) is -1.57. The van der Waals surface area contributed by atoms with Gasteiger partial charge >= 0.3 is 0 Å². The Kier molecular flexibility index (Phi) is 4.24. The molecule has 0 amide bonds. The maximum absolute atomic E-state index is 13.2. The number of anilines is 2. The third-order valence-electron chi connectivity index (χ3n) is 4.02. The Bertz CT molecular complexity index is 635. The molecule has 22 heavy (non-hydrogen) atoms. The van der Waals surface area contributed by atoms with E-state index in [1.54, 1.807) is 6.07 Å². The summed E-state index contributed by atoms with van der Waals surface area (Å²) in [5, 5.41) is 0. The van der Waals surface area contributed by atoms with Gasteiger partial charge in [-0.2, -0.15) is 0 Å². The summed E-state index contributed by atoms with van der Waals surface area (Å²) in [5.41, 5.74) is 8.44. The molecule has 0 aliphatic carbocycles. The number of nitrogens with two attached hydrogens (primary N) is 1. The Balaban J connectivity index is 1.57. The lowest BCUT2D eigenvalue weighted by Crippen LogP contribution is -2.45. The van der Waals surface area contributed by atoms with Gasteiger partial charge in [0.2, 0.25) is 0 Å². The molecule has 3 rings (SSSR count). The van der Waals surface area contributed by atoms with Crippen LogP contribution in [0.5, 0.6) is 0 Å². The van der Waals surface area contributed by atoms with E-state index in [0.29, 0.717) is 6.54 Å². The quantitative estimate of drug-likeness (QED) is 0.885. The molecule has 1 saturated heterocycles. The predicted octanol–water partition coefficient (Wildman–Crippen LogP) is 2.87. The van der Waals surface area contributed by atoms with Gasteiger partial charge < -0.3 is 10.6 Å². The minimum atomic E-state index is -0.795. The summed E-state index contributed by atoms with van der Waals surface area (Å²) in [6.45, 7) is 4.25. The van der Waals surface area contributed by atoms with E-state index in [1.807, 2.05) is 24.3 Å². The number of halogens is 2. The molecular weight excluding hydrogens is 284 g/mol. The molecule has 0 radical (unpaired) electrons. The Morgan fingerprint density at radius 3 is 2.18 bits per heavy atom. The first-order valence-electron chi connectivity index (χ1n) is 7.38. The van der Waals surface area contributed by atoms with Crippen LogP contribution in [0.2, 0.25) is 0 Å². The number of piperazine rings is 1. The summed E-state index contributed by atoms with van der Waals surface area (Å²) >= 11 is 0. The van der Waals surface area contributed by atoms with Crippen molar-refractivity contribution in [1.29, 1.82) is 0 Å². The lowest BCUT2D eigenvalue weighted by molar-refractivity contribution is 0.249. The van der Waals surface area contributed by atoms with Crippen molar-refractivity contribution in [2.24, 2.45) is 0 Å². The first kappa shape index (κ1) is 14.8. The highest BCUT2D eigenvalue weighted by molar-refractivity contribution is 5.53. The lowest BCUT2D eigenvalue weighted by atomic mass is 10.1. The minimum absolute atomic E-state index is 0.646. The fourth-order valence-corrected chi connectivity index (χ4v) is 2.75. The van der Waals surface area contributed by atoms with Crippen LogP contribution in [0.3, 0.4) is 0 Å². The Labute approximate surface area is 128 Å². The van der Waals surface area contributed by atoms with Gasteiger partial charge in [0.1, 0.15) is 0 Å². The molecule has 2 aromatic carbocycles. The van der Waals surface area contributed by atoms with Crippen molar-refractivity contribution in [3.05, 3.63) is 59.7 Å². The van der Waals surface area contributed by atoms with E-state index in [2.05, 4.69) is 9.80 Å². The van der Waals surface area contributed by atoms with Crippen LogP contribution < -0.4 is 10.6 Å². The van der Waals surface area contributed by atoms with Crippen molar-refractivity contribution in [3.63, 3.8) is 0 Å². The van der Waals surface area contributed by atoms with Crippen molar-refractivity contribution >= 4 is 11.4 Å². The topological polar surface area (TPSA) is 32.5 Å². The van der Waals surface area contributed by atoms with Gasteiger partial charge in [-0.3, -0.25) is 4.90 Å². The molecule has 1 heterocycles. The van der Waals surface area contributed by atoms with Crippen LogP contribution in [0.1, 0.15) is 5.56 Å². The summed E-state index contributed by atoms with van der Waals surface area (Å²) in [6.07, 6.45) is 0. The van der Waals surface area contributed by atoms with Gasteiger partial charge in [0.05, 0.1) is 0 Å². The van der Waals surface area contributed by atoms with E-state index >= 15 is 0 Å². The van der Waals surface area contributed by atoms with Gasteiger partial charge in [0, 0.05) is 44.1 Å². The zero-order valence-corrected chi connectivity index (χ0v) is 12.3. The van der Waals surface area contributed by atoms with Crippen LogP contribution in [-0.2, 0) is 6.54 Å². The average Bonchev–Trinajstić information content (AvgIpc) is 2.53. The van der Waals surface area contributed by atoms with E-state index in [9.17, 15) is 8.78 Å². The van der Waals surface area contributed by atoms with Crippen molar-refractivity contribution in [2.75, 3.05) is 36.8 Å². The molecule has 3 nitrogen and oxygen atoms in total. The van der Waals surface area contributed by atoms with Crippen LogP contribution in [0.25, 0.3) is 0 Å². The number of hydrogen-bond donors (Lipinski definition) is 1. The summed E-state index contributed by atoms with van der Waals surface area (Å²) < 4.78 is 26.2. The van der Waals surface area contributed by atoms with E-state index in [-0.39, 0.29) is 0 Å². The highest BCUT2D eigenvalue weighted by Gasteiger charge is 2.17. The second-order valence-corrected chi connectivity index (χ2v) is 5.60. The average molecular weight is 303 g/mol. The highest BCUT2D eigenvalue weighted by atomic mass is 19.2. The molecule has 0 atom stereocenters. The number of rotatable bonds is 3. The summed E-state index contributed by atoms with van der Waals surface area (Å²) in [4.78, 5) is 4.56. The molecular formula is C17H19F2N3. The first-order chi connectivity index (χ1) is 10.6. The van der Waals surface area contributed by atoms with E-state index in [4.69, 9.17) is 5.73 Å². The number of hydrogen-bond acceptors (Lipinski definition) is 3. The normalized spacial score (nSPS) is 16.0. The molecule has 0 bridgehead atoms. The molecule has 1 aliphatic heterocycles. The van der Waals surface area contributed by atoms with E-state index in [0.717, 1.165) is 37.4 Å². The lowest BCUT2D eigenvalue weighted by Gasteiger charge is -2.36. The second kappa shape index (κ2) is 6.32. The van der Waals surface area contributed by atoms with Gasteiger partial charge in [-0.1, -0.05) is 6.07 Å². The maximum Gasteiger partial charge on any atom is 0.159 e. The molecule has 1 aliphatic rings. The standard InChI is InChI=1S/C17H19F2N3/c18-16-6-1-13(11-17(16)19)12-21-7-9-22(10-8-21)15-4-2-14(20)3-5-15/h1-6,11H,7-10,12,20H2.